The Balaban J connectivity index is 1.45. The summed E-state index contributed by atoms with van der Waals surface area (Å²) in [6.45, 7) is 0.192. The fourth-order valence-electron chi connectivity index (χ4n) is 3.71. The molecule has 9 nitrogen and oxygen atoms in total. The summed E-state index contributed by atoms with van der Waals surface area (Å²) in [4.78, 5) is 37.8. The minimum Gasteiger partial charge on any atom is -0.345 e. The minimum absolute atomic E-state index is 0.146. The molecule has 0 radical (unpaired) electrons. The second-order valence-corrected chi connectivity index (χ2v) is 7.30. The molecule has 1 unspecified atom stereocenters. The van der Waals surface area contributed by atoms with Gasteiger partial charge in [0, 0.05) is 32.6 Å². The largest absolute Gasteiger partial charge is 0.405 e. The van der Waals surface area contributed by atoms with E-state index in [9.17, 15) is 27.6 Å². The van der Waals surface area contributed by atoms with E-state index in [4.69, 9.17) is 0 Å². The molecular weight excluding hydrogens is 393 g/mol. The Labute approximate surface area is 165 Å². The molecule has 1 atom stereocenters. The zero-order valence-electron chi connectivity index (χ0n) is 16.0. The zero-order valence-corrected chi connectivity index (χ0v) is 16.0. The Bertz CT molecular complexity index is 803. The Morgan fingerprint density at radius 1 is 1.14 bits per heavy atom. The van der Waals surface area contributed by atoms with Crippen molar-refractivity contribution in [3.63, 3.8) is 0 Å². The molecule has 12 heteroatoms. The summed E-state index contributed by atoms with van der Waals surface area (Å²) in [7, 11) is 0. The lowest BCUT2D eigenvalue weighted by atomic mass is 10.2. The van der Waals surface area contributed by atoms with Crippen LogP contribution in [0, 0.1) is 0 Å². The standard InChI is InChI=1S/C17H25F3N6O3/c18-17(19,20)11-22-14(27)12-5-3-9-24(12)15(28)21-7-4-10-26-16(29)25-8-2-1-6-13(25)23-26/h12H,1-11H2,(H,21,28)(H,22,27). The number of fused-ring (bicyclic) bond motifs is 1. The number of carbonyl (C=O) groups excluding carboxylic acids is 2. The highest BCUT2D eigenvalue weighted by Gasteiger charge is 2.36. The first-order chi connectivity index (χ1) is 13.8. The number of nitrogens with zero attached hydrogens (tertiary/aromatic N) is 4. The average molecular weight is 418 g/mol. The van der Waals surface area contributed by atoms with E-state index in [1.807, 2.05) is 5.32 Å². The summed E-state index contributed by atoms with van der Waals surface area (Å²) in [5, 5.41) is 8.82. The third-order valence-electron chi connectivity index (χ3n) is 5.13. The molecule has 1 fully saturated rings. The van der Waals surface area contributed by atoms with Crippen molar-refractivity contribution in [2.45, 2.75) is 63.8 Å². The minimum atomic E-state index is -4.49. The van der Waals surface area contributed by atoms with Gasteiger partial charge in [-0.2, -0.15) is 18.3 Å². The molecule has 29 heavy (non-hydrogen) atoms. The molecule has 0 bridgehead atoms. The fraction of sp³-hybridized carbons (Fsp3) is 0.765. The number of hydrogen-bond donors (Lipinski definition) is 2. The number of rotatable bonds is 6. The lowest BCUT2D eigenvalue weighted by molar-refractivity contribution is -0.140. The molecule has 2 aliphatic heterocycles. The third-order valence-corrected chi connectivity index (χ3v) is 5.13. The van der Waals surface area contributed by atoms with E-state index in [-0.39, 0.29) is 12.2 Å². The van der Waals surface area contributed by atoms with Crippen LogP contribution >= 0.6 is 0 Å². The number of urea groups is 1. The van der Waals surface area contributed by atoms with Crippen LogP contribution in [-0.2, 0) is 24.3 Å². The lowest BCUT2D eigenvalue weighted by Crippen LogP contribution is -2.51. The van der Waals surface area contributed by atoms with Gasteiger partial charge in [-0.25, -0.2) is 14.3 Å². The van der Waals surface area contributed by atoms with Crippen LogP contribution in [0.2, 0.25) is 0 Å². The van der Waals surface area contributed by atoms with E-state index >= 15 is 0 Å². The van der Waals surface area contributed by atoms with Gasteiger partial charge in [0.25, 0.3) is 0 Å². The second kappa shape index (κ2) is 8.87. The lowest BCUT2D eigenvalue weighted by Gasteiger charge is -2.24. The molecule has 2 N–H and O–H groups in total. The molecule has 0 aliphatic carbocycles. The number of likely N-dealkylation sites (tertiary alicyclic amines) is 1. The van der Waals surface area contributed by atoms with Crippen molar-refractivity contribution in [3.05, 3.63) is 16.3 Å². The van der Waals surface area contributed by atoms with Crippen LogP contribution < -0.4 is 16.3 Å². The molecule has 3 amide bonds. The molecule has 3 rings (SSSR count). The van der Waals surface area contributed by atoms with Gasteiger partial charge in [0.05, 0.1) is 0 Å². The third kappa shape index (κ3) is 5.30. The first-order valence-corrected chi connectivity index (χ1v) is 9.82. The topological polar surface area (TPSA) is 101 Å². The van der Waals surface area contributed by atoms with Gasteiger partial charge in [-0.3, -0.25) is 9.36 Å². The highest BCUT2D eigenvalue weighted by atomic mass is 19.4. The van der Waals surface area contributed by atoms with Crippen molar-refractivity contribution in [2.24, 2.45) is 0 Å². The molecule has 3 heterocycles. The number of hydrogen-bond acceptors (Lipinski definition) is 4. The number of halogens is 3. The summed E-state index contributed by atoms with van der Waals surface area (Å²) < 4.78 is 39.9. The van der Waals surface area contributed by atoms with Gasteiger partial charge < -0.3 is 15.5 Å². The van der Waals surface area contributed by atoms with Gasteiger partial charge >= 0.3 is 17.9 Å². The quantitative estimate of drug-likeness (QED) is 0.662. The SMILES string of the molecule is O=C(NCC(F)(F)F)C1CCCN1C(=O)NCCCn1nc2n(c1=O)CCCC2. The van der Waals surface area contributed by atoms with E-state index in [2.05, 4.69) is 10.4 Å². The molecule has 0 aromatic carbocycles. The number of amides is 3. The van der Waals surface area contributed by atoms with E-state index in [1.54, 1.807) is 4.57 Å². The maximum Gasteiger partial charge on any atom is 0.405 e. The molecule has 2 aliphatic rings. The van der Waals surface area contributed by atoms with Crippen LogP contribution in [0.5, 0.6) is 0 Å². The van der Waals surface area contributed by atoms with Crippen LogP contribution in [0.4, 0.5) is 18.0 Å². The maximum absolute atomic E-state index is 12.3. The molecule has 162 valence electrons. The fourth-order valence-corrected chi connectivity index (χ4v) is 3.71. The summed E-state index contributed by atoms with van der Waals surface area (Å²) in [6, 6.07) is -1.40. The number of carbonyl (C=O) groups is 2. The van der Waals surface area contributed by atoms with E-state index in [1.165, 1.54) is 9.58 Å². The van der Waals surface area contributed by atoms with Crippen molar-refractivity contribution < 1.29 is 22.8 Å². The van der Waals surface area contributed by atoms with E-state index in [0.29, 0.717) is 38.9 Å². The van der Waals surface area contributed by atoms with Crippen molar-refractivity contribution in [1.82, 2.24) is 29.9 Å². The summed E-state index contributed by atoms with van der Waals surface area (Å²) in [5.74, 6) is -0.0137. The van der Waals surface area contributed by atoms with Crippen LogP contribution in [-0.4, -0.2) is 63.0 Å². The second-order valence-electron chi connectivity index (χ2n) is 7.30. The predicted octanol–water partition coefficient (Wildman–Crippen LogP) is 0.624. The van der Waals surface area contributed by atoms with Gasteiger partial charge in [0.15, 0.2) is 0 Å². The normalized spacial score (nSPS) is 19.1. The van der Waals surface area contributed by atoms with Gasteiger partial charge in [-0.15, -0.1) is 0 Å². The van der Waals surface area contributed by atoms with Crippen LogP contribution in [0.15, 0.2) is 4.79 Å². The Hall–Kier alpha value is -2.53. The molecule has 1 aromatic heterocycles. The number of nitrogens with one attached hydrogen (secondary N) is 2. The molecule has 1 saturated heterocycles. The van der Waals surface area contributed by atoms with Crippen molar-refractivity contribution in [3.8, 4) is 0 Å². The first kappa shape index (κ1) is 21.2. The molecule has 1 aromatic rings. The maximum atomic E-state index is 12.3. The molecule has 0 saturated carbocycles. The van der Waals surface area contributed by atoms with Crippen molar-refractivity contribution in [2.75, 3.05) is 19.6 Å². The summed E-state index contributed by atoms with van der Waals surface area (Å²) >= 11 is 0. The van der Waals surface area contributed by atoms with E-state index < -0.39 is 30.7 Å². The monoisotopic (exact) mass is 418 g/mol. The Kier molecular flexibility index (Phi) is 6.48. The van der Waals surface area contributed by atoms with Crippen LogP contribution in [0.3, 0.4) is 0 Å². The Morgan fingerprint density at radius 3 is 2.66 bits per heavy atom. The number of aromatic nitrogens is 3. The smallest absolute Gasteiger partial charge is 0.345 e. The number of aryl methyl sites for hydroxylation is 2. The number of alkyl halides is 3. The highest BCUT2D eigenvalue weighted by Crippen LogP contribution is 2.18. The molecular formula is C17H25F3N6O3. The predicted molar refractivity (Wildman–Crippen MR) is 96.2 cm³/mol. The van der Waals surface area contributed by atoms with Gasteiger partial charge in [0.1, 0.15) is 18.4 Å². The van der Waals surface area contributed by atoms with Gasteiger partial charge in [-0.05, 0) is 32.1 Å². The van der Waals surface area contributed by atoms with Crippen LogP contribution in [0.25, 0.3) is 0 Å². The van der Waals surface area contributed by atoms with Gasteiger partial charge in [0.2, 0.25) is 5.91 Å². The van der Waals surface area contributed by atoms with Crippen molar-refractivity contribution in [1.29, 1.82) is 0 Å². The summed E-state index contributed by atoms with van der Waals surface area (Å²) in [6.07, 6.45) is -0.388. The zero-order chi connectivity index (χ0) is 21.0. The Morgan fingerprint density at radius 2 is 1.93 bits per heavy atom. The molecule has 0 spiro atoms. The highest BCUT2D eigenvalue weighted by molar-refractivity contribution is 5.87. The van der Waals surface area contributed by atoms with Gasteiger partial charge in [-0.1, -0.05) is 0 Å². The van der Waals surface area contributed by atoms with Crippen molar-refractivity contribution >= 4 is 11.9 Å². The van der Waals surface area contributed by atoms with E-state index in [0.717, 1.165) is 25.1 Å². The first-order valence-electron chi connectivity index (χ1n) is 9.82. The van der Waals surface area contributed by atoms with Crippen LogP contribution in [0.1, 0.15) is 37.9 Å². The average Bonchev–Trinajstić information content (AvgIpc) is 3.28. The summed E-state index contributed by atoms with van der Waals surface area (Å²) in [5.41, 5.74) is -0.146.